The predicted molar refractivity (Wildman–Crippen MR) is 110 cm³/mol. The fourth-order valence-corrected chi connectivity index (χ4v) is 2.62. The van der Waals surface area contributed by atoms with Crippen LogP contribution in [0, 0.1) is 0 Å². The van der Waals surface area contributed by atoms with E-state index in [9.17, 15) is 19.2 Å². The number of para-hydroxylation sites is 1. The average Bonchev–Trinajstić information content (AvgIpc) is 2.72. The molecule has 0 aromatic heterocycles. The number of nitrogens with two attached hydrogens (primary N) is 1. The zero-order valence-electron chi connectivity index (χ0n) is 16.8. The largest absolute Gasteiger partial charge is 0.481 e. The lowest BCUT2D eigenvalue weighted by Crippen LogP contribution is -2.27. The van der Waals surface area contributed by atoms with Crippen LogP contribution >= 0.6 is 0 Å². The molecule has 0 bridgehead atoms. The Balaban J connectivity index is 1.90. The molecule has 0 heterocycles. The summed E-state index contributed by atoms with van der Waals surface area (Å²) >= 11 is 0. The average molecular weight is 412 g/mol. The van der Waals surface area contributed by atoms with Gasteiger partial charge in [0, 0.05) is 17.7 Å². The van der Waals surface area contributed by atoms with E-state index in [1.165, 1.54) is 19.1 Å². The van der Waals surface area contributed by atoms with E-state index in [1.807, 2.05) is 6.92 Å². The van der Waals surface area contributed by atoms with Crippen LogP contribution in [0.3, 0.4) is 0 Å². The number of anilines is 1. The van der Waals surface area contributed by atoms with Crippen molar-refractivity contribution in [3.8, 4) is 5.75 Å². The molecular weight excluding hydrogens is 388 g/mol. The van der Waals surface area contributed by atoms with Gasteiger partial charge in [-0.2, -0.15) is 0 Å². The molecule has 0 fully saturated rings. The molecule has 3 N–H and O–H groups in total. The summed E-state index contributed by atoms with van der Waals surface area (Å²) in [5.41, 5.74) is 6.31. The second-order valence-corrected chi connectivity index (χ2v) is 6.52. The summed E-state index contributed by atoms with van der Waals surface area (Å²) in [6.45, 7) is 2.88. The predicted octanol–water partition coefficient (Wildman–Crippen LogP) is 2.72. The highest BCUT2D eigenvalue weighted by Gasteiger charge is 2.20. The first-order chi connectivity index (χ1) is 14.3. The van der Waals surface area contributed by atoms with Crippen LogP contribution < -0.4 is 15.8 Å². The minimum absolute atomic E-state index is 0.100. The fourth-order valence-electron chi connectivity index (χ4n) is 2.62. The molecule has 8 nitrogen and oxygen atoms in total. The van der Waals surface area contributed by atoms with Crippen molar-refractivity contribution in [1.82, 2.24) is 0 Å². The highest BCUT2D eigenvalue weighted by molar-refractivity contribution is 6.01. The van der Waals surface area contributed by atoms with Crippen LogP contribution in [0.4, 0.5) is 5.69 Å². The monoisotopic (exact) mass is 412 g/mol. The van der Waals surface area contributed by atoms with Crippen molar-refractivity contribution >= 4 is 29.3 Å². The molecule has 0 aliphatic heterocycles. The first-order valence-electron chi connectivity index (χ1n) is 9.47. The third-order valence-corrected chi connectivity index (χ3v) is 4.11. The summed E-state index contributed by atoms with van der Waals surface area (Å²) in [5.74, 6) is -1.79. The lowest BCUT2D eigenvalue weighted by atomic mass is 10.1. The van der Waals surface area contributed by atoms with Crippen LogP contribution in [0.5, 0.6) is 5.75 Å². The van der Waals surface area contributed by atoms with E-state index in [-0.39, 0.29) is 17.2 Å². The SMILES string of the molecule is CCCC(=O)Nc1ccc(C(=O)[C@H](C)OC(=O)COc2ccccc2C(N)=O)cc1. The molecule has 0 unspecified atom stereocenters. The van der Waals surface area contributed by atoms with Gasteiger partial charge in [0.2, 0.25) is 11.7 Å². The molecule has 1 atom stereocenters. The molecule has 0 aliphatic carbocycles. The van der Waals surface area contributed by atoms with Crippen molar-refractivity contribution in [3.05, 3.63) is 59.7 Å². The molecule has 0 saturated heterocycles. The third kappa shape index (κ3) is 6.44. The van der Waals surface area contributed by atoms with Gasteiger partial charge in [0.1, 0.15) is 5.75 Å². The van der Waals surface area contributed by atoms with Crippen LogP contribution in [0.2, 0.25) is 0 Å². The second-order valence-electron chi connectivity index (χ2n) is 6.52. The Hall–Kier alpha value is -3.68. The Morgan fingerprint density at radius 3 is 2.33 bits per heavy atom. The number of rotatable bonds is 10. The van der Waals surface area contributed by atoms with Crippen molar-refractivity contribution in [2.75, 3.05) is 11.9 Å². The smallest absolute Gasteiger partial charge is 0.344 e. The van der Waals surface area contributed by atoms with Crippen LogP contribution in [-0.4, -0.2) is 36.3 Å². The highest BCUT2D eigenvalue weighted by Crippen LogP contribution is 2.17. The quantitative estimate of drug-likeness (QED) is 0.457. The molecule has 158 valence electrons. The number of carbonyl (C=O) groups is 4. The summed E-state index contributed by atoms with van der Waals surface area (Å²) in [6, 6.07) is 12.5. The number of ether oxygens (including phenoxy) is 2. The van der Waals surface area contributed by atoms with Gasteiger partial charge >= 0.3 is 5.97 Å². The van der Waals surface area contributed by atoms with Gasteiger partial charge in [-0.15, -0.1) is 0 Å². The van der Waals surface area contributed by atoms with Crippen LogP contribution in [-0.2, 0) is 14.3 Å². The zero-order valence-corrected chi connectivity index (χ0v) is 16.8. The number of hydrogen-bond donors (Lipinski definition) is 2. The number of ketones is 1. The summed E-state index contributed by atoms with van der Waals surface area (Å²) in [6.07, 6.45) is 0.121. The van der Waals surface area contributed by atoms with Crippen LogP contribution in [0.1, 0.15) is 47.4 Å². The maximum atomic E-state index is 12.5. The van der Waals surface area contributed by atoms with E-state index in [0.29, 0.717) is 17.7 Å². The first-order valence-corrected chi connectivity index (χ1v) is 9.47. The van der Waals surface area contributed by atoms with Crippen molar-refractivity contribution < 1.29 is 28.7 Å². The number of hydrogen-bond acceptors (Lipinski definition) is 6. The lowest BCUT2D eigenvalue weighted by molar-refractivity contribution is -0.148. The standard InChI is InChI=1S/C22H24N2O6/c1-3-6-19(25)24-16-11-9-15(10-12-16)21(27)14(2)30-20(26)13-29-18-8-5-4-7-17(18)22(23)28/h4-5,7-12,14H,3,6,13H2,1-2H3,(H2,23,28)(H,24,25)/t14-/m0/s1. The molecule has 0 aliphatic rings. The molecular formula is C22H24N2O6. The number of carbonyl (C=O) groups excluding carboxylic acids is 4. The van der Waals surface area contributed by atoms with Crippen molar-refractivity contribution in [2.24, 2.45) is 5.73 Å². The minimum atomic E-state index is -1.03. The van der Waals surface area contributed by atoms with Gasteiger partial charge in [0.05, 0.1) is 5.56 Å². The number of primary amides is 1. The summed E-state index contributed by atoms with van der Waals surface area (Å²) in [5, 5.41) is 2.73. The number of benzene rings is 2. The topological polar surface area (TPSA) is 125 Å². The Labute approximate surface area is 174 Å². The molecule has 2 amide bonds. The summed E-state index contributed by atoms with van der Waals surface area (Å²) < 4.78 is 10.4. The lowest BCUT2D eigenvalue weighted by Gasteiger charge is -2.14. The van der Waals surface area contributed by atoms with Gasteiger partial charge < -0.3 is 20.5 Å². The molecule has 2 aromatic rings. The summed E-state index contributed by atoms with van der Waals surface area (Å²) in [4.78, 5) is 47.5. The number of esters is 1. The van der Waals surface area contributed by atoms with Crippen LogP contribution in [0.25, 0.3) is 0 Å². The van der Waals surface area contributed by atoms with Crippen molar-refractivity contribution in [2.45, 2.75) is 32.8 Å². The van der Waals surface area contributed by atoms with E-state index in [4.69, 9.17) is 15.2 Å². The van der Waals surface area contributed by atoms with Gasteiger partial charge in [-0.1, -0.05) is 19.1 Å². The van der Waals surface area contributed by atoms with Gasteiger partial charge in [-0.3, -0.25) is 14.4 Å². The number of amides is 2. The maximum absolute atomic E-state index is 12.5. The van der Waals surface area contributed by atoms with Crippen molar-refractivity contribution in [3.63, 3.8) is 0 Å². The van der Waals surface area contributed by atoms with E-state index >= 15 is 0 Å². The number of Topliss-reactive ketones (excluding diaryl/α,β-unsaturated/α-hetero) is 1. The molecule has 0 saturated carbocycles. The molecule has 30 heavy (non-hydrogen) atoms. The Morgan fingerprint density at radius 2 is 1.70 bits per heavy atom. The number of nitrogens with one attached hydrogen (secondary N) is 1. The Bertz CT molecular complexity index is 923. The van der Waals surface area contributed by atoms with E-state index in [0.717, 1.165) is 6.42 Å². The van der Waals surface area contributed by atoms with Gasteiger partial charge in [0.25, 0.3) is 5.91 Å². The molecule has 8 heteroatoms. The second kappa shape index (κ2) is 10.8. The molecule has 2 rings (SSSR count). The molecule has 0 spiro atoms. The van der Waals surface area contributed by atoms with E-state index in [1.54, 1.807) is 36.4 Å². The minimum Gasteiger partial charge on any atom is -0.481 e. The summed E-state index contributed by atoms with van der Waals surface area (Å²) in [7, 11) is 0. The first kappa shape index (κ1) is 22.6. The Kier molecular flexibility index (Phi) is 8.10. The van der Waals surface area contributed by atoms with Gasteiger partial charge in [0.15, 0.2) is 12.7 Å². The van der Waals surface area contributed by atoms with E-state index in [2.05, 4.69) is 5.32 Å². The molecule has 0 radical (unpaired) electrons. The highest BCUT2D eigenvalue weighted by atomic mass is 16.6. The van der Waals surface area contributed by atoms with Crippen molar-refractivity contribution in [1.29, 1.82) is 0 Å². The maximum Gasteiger partial charge on any atom is 0.344 e. The van der Waals surface area contributed by atoms with Gasteiger partial charge in [-0.05, 0) is 49.7 Å². The molecule has 2 aromatic carbocycles. The Morgan fingerprint density at radius 1 is 1.03 bits per heavy atom. The normalized spacial score (nSPS) is 11.3. The fraction of sp³-hybridized carbons (Fsp3) is 0.273. The van der Waals surface area contributed by atoms with Gasteiger partial charge in [-0.25, -0.2) is 4.79 Å². The zero-order chi connectivity index (χ0) is 22.1. The third-order valence-electron chi connectivity index (χ3n) is 4.11. The van der Waals surface area contributed by atoms with E-state index < -0.39 is 30.4 Å². The van der Waals surface area contributed by atoms with Crippen LogP contribution in [0.15, 0.2) is 48.5 Å².